The largest absolute Gasteiger partial charge is 0.266 e. The van der Waals surface area contributed by atoms with Crippen molar-refractivity contribution in [3.63, 3.8) is 0 Å². The molecular weight excluding hydrogens is 289 g/mol. The molecule has 2 aromatic rings. The Morgan fingerprint density at radius 1 is 1.41 bits per heavy atom. The number of nitrogens with one attached hydrogen (secondary N) is 1. The predicted octanol–water partition coefficient (Wildman–Crippen LogP) is 2.13. The number of aromatic nitrogens is 2. The van der Waals surface area contributed by atoms with Crippen molar-refractivity contribution in [1.29, 1.82) is 0 Å². The molecule has 0 atom stereocenters. The SMILES string of the molecule is O=S(=O)(Nc1ncns1)c1cc(Cl)ccc1F. The lowest BCUT2D eigenvalue weighted by molar-refractivity contribution is 0.570. The third kappa shape index (κ3) is 2.71. The second-order valence-corrected chi connectivity index (χ2v) is 5.79. The number of hydrogen-bond acceptors (Lipinski definition) is 5. The molecule has 0 saturated carbocycles. The first-order valence-corrected chi connectivity index (χ1v) is 6.87. The van der Waals surface area contributed by atoms with Gasteiger partial charge in [0.15, 0.2) is 0 Å². The van der Waals surface area contributed by atoms with E-state index in [1.165, 1.54) is 12.4 Å². The van der Waals surface area contributed by atoms with Gasteiger partial charge in [-0.05, 0) is 18.2 Å². The monoisotopic (exact) mass is 293 g/mol. The second kappa shape index (κ2) is 4.55. The molecule has 1 aromatic carbocycles. The number of halogens is 2. The van der Waals surface area contributed by atoms with Gasteiger partial charge in [-0.3, -0.25) is 4.72 Å². The van der Waals surface area contributed by atoms with Gasteiger partial charge >= 0.3 is 0 Å². The van der Waals surface area contributed by atoms with Crippen LogP contribution in [-0.2, 0) is 10.0 Å². The summed E-state index contributed by atoms with van der Waals surface area (Å²) in [5, 5.41) is 0.188. The van der Waals surface area contributed by atoms with E-state index >= 15 is 0 Å². The first kappa shape index (κ1) is 12.2. The summed E-state index contributed by atoms with van der Waals surface area (Å²) in [5.41, 5.74) is 0. The van der Waals surface area contributed by atoms with Crippen LogP contribution in [0.5, 0.6) is 0 Å². The Balaban J connectivity index is 2.41. The van der Waals surface area contributed by atoms with E-state index in [1.54, 1.807) is 0 Å². The lowest BCUT2D eigenvalue weighted by Gasteiger charge is -2.05. The molecule has 0 radical (unpaired) electrons. The van der Waals surface area contributed by atoms with E-state index in [-0.39, 0.29) is 10.2 Å². The molecule has 0 fully saturated rings. The fraction of sp³-hybridized carbons (Fsp3) is 0. The van der Waals surface area contributed by atoms with E-state index in [0.717, 1.165) is 23.7 Å². The summed E-state index contributed by atoms with van der Waals surface area (Å²) in [6.45, 7) is 0. The molecule has 90 valence electrons. The van der Waals surface area contributed by atoms with Crippen LogP contribution in [0.4, 0.5) is 9.52 Å². The number of rotatable bonds is 3. The topological polar surface area (TPSA) is 72.0 Å². The van der Waals surface area contributed by atoms with Crippen LogP contribution in [-0.4, -0.2) is 17.8 Å². The van der Waals surface area contributed by atoms with Crippen molar-refractivity contribution in [2.45, 2.75) is 4.90 Å². The van der Waals surface area contributed by atoms with Crippen LogP contribution in [0.2, 0.25) is 5.02 Å². The molecule has 1 aromatic heterocycles. The molecule has 0 saturated heterocycles. The Kier molecular flexibility index (Phi) is 3.27. The summed E-state index contributed by atoms with van der Waals surface area (Å²) in [6, 6.07) is 3.28. The van der Waals surface area contributed by atoms with Crippen LogP contribution in [0.3, 0.4) is 0 Å². The highest BCUT2D eigenvalue weighted by atomic mass is 35.5. The molecule has 2 rings (SSSR count). The minimum atomic E-state index is -4.04. The van der Waals surface area contributed by atoms with E-state index in [0.29, 0.717) is 0 Å². The first-order chi connectivity index (χ1) is 7.99. The van der Waals surface area contributed by atoms with Gasteiger partial charge in [-0.25, -0.2) is 17.8 Å². The van der Waals surface area contributed by atoms with Gasteiger partial charge in [0.2, 0.25) is 5.13 Å². The third-order valence-electron chi connectivity index (χ3n) is 1.77. The summed E-state index contributed by atoms with van der Waals surface area (Å²) >= 11 is 6.47. The highest BCUT2D eigenvalue weighted by molar-refractivity contribution is 7.93. The second-order valence-electron chi connectivity index (χ2n) is 2.93. The van der Waals surface area contributed by atoms with Crippen LogP contribution in [0.25, 0.3) is 0 Å². The molecule has 0 aliphatic heterocycles. The molecular formula is C8H5ClFN3O2S2. The number of hydrogen-bond donors (Lipinski definition) is 1. The summed E-state index contributed by atoms with van der Waals surface area (Å²) in [6.07, 6.45) is 1.19. The minimum Gasteiger partial charge on any atom is -0.253 e. The minimum absolute atomic E-state index is 0.0596. The third-order valence-corrected chi connectivity index (χ3v) is 4.06. The Bertz CT molecular complexity index is 630. The highest BCUT2D eigenvalue weighted by Gasteiger charge is 2.20. The van der Waals surface area contributed by atoms with Crippen molar-refractivity contribution in [2.24, 2.45) is 0 Å². The zero-order valence-corrected chi connectivity index (χ0v) is 10.5. The van der Waals surface area contributed by atoms with Gasteiger partial charge in [0.05, 0.1) is 0 Å². The van der Waals surface area contributed by atoms with Crippen molar-refractivity contribution in [2.75, 3.05) is 4.72 Å². The molecule has 9 heteroatoms. The number of anilines is 1. The Morgan fingerprint density at radius 3 is 2.82 bits per heavy atom. The molecule has 0 aliphatic rings. The van der Waals surface area contributed by atoms with Crippen LogP contribution in [0, 0.1) is 5.82 Å². The van der Waals surface area contributed by atoms with Gasteiger partial charge in [-0.2, -0.15) is 4.37 Å². The molecule has 17 heavy (non-hydrogen) atoms. The Hall–Kier alpha value is -1.25. The first-order valence-electron chi connectivity index (χ1n) is 4.23. The van der Waals surface area contributed by atoms with Gasteiger partial charge < -0.3 is 0 Å². The molecule has 0 aliphatic carbocycles. The van der Waals surface area contributed by atoms with Gasteiger partial charge in [0.1, 0.15) is 17.0 Å². The molecule has 0 amide bonds. The van der Waals surface area contributed by atoms with Crippen LogP contribution < -0.4 is 4.72 Å². The normalized spacial score (nSPS) is 11.4. The Morgan fingerprint density at radius 2 is 2.18 bits per heavy atom. The summed E-state index contributed by atoms with van der Waals surface area (Å²) in [5.74, 6) is -0.883. The maximum atomic E-state index is 13.4. The highest BCUT2D eigenvalue weighted by Crippen LogP contribution is 2.22. The van der Waals surface area contributed by atoms with Crippen molar-refractivity contribution in [3.05, 3.63) is 35.4 Å². The smallest absolute Gasteiger partial charge is 0.253 e. The van der Waals surface area contributed by atoms with Gasteiger partial charge in [0.25, 0.3) is 10.0 Å². The molecule has 0 bridgehead atoms. The van der Waals surface area contributed by atoms with Crippen LogP contribution in [0.1, 0.15) is 0 Å². The average molecular weight is 294 g/mol. The molecule has 1 heterocycles. The molecule has 5 nitrogen and oxygen atoms in total. The van der Waals surface area contributed by atoms with E-state index in [2.05, 4.69) is 14.1 Å². The maximum absolute atomic E-state index is 13.4. The van der Waals surface area contributed by atoms with E-state index in [9.17, 15) is 12.8 Å². The predicted molar refractivity (Wildman–Crippen MR) is 62.1 cm³/mol. The van der Waals surface area contributed by atoms with E-state index in [1.807, 2.05) is 0 Å². The zero-order chi connectivity index (χ0) is 12.5. The van der Waals surface area contributed by atoms with Crippen molar-refractivity contribution >= 4 is 38.3 Å². The van der Waals surface area contributed by atoms with Crippen LogP contribution >= 0.6 is 23.1 Å². The number of benzene rings is 1. The van der Waals surface area contributed by atoms with Gasteiger partial charge in [0, 0.05) is 16.6 Å². The fourth-order valence-electron chi connectivity index (χ4n) is 1.07. The maximum Gasteiger partial charge on any atom is 0.266 e. The molecule has 0 spiro atoms. The molecule has 1 N–H and O–H groups in total. The Labute approximate surface area is 105 Å². The summed E-state index contributed by atoms with van der Waals surface area (Å²) in [7, 11) is -4.04. The van der Waals surface area contributed by atoms with Crippen molar-refractivity contribution in [3.8, 4) is 0 Å². The zero-order valence-electron chi connectivity index (χ0n) is 8.09. The van der Waals surface area contributed by atoms with Gasteiger partial charge in [-0.15, -0.1) is 0 Å². The average Bonchev–Trinajstić information content (AvgIpc) is 2.73. The van der Waals surface area contributed by atoms with E-state index < -0.39 is 20.7 Å². The number of sulfonamides is 1. The van der Waals surface area contributed by atoms with Crippen LogP contribution in [0.15, 0.2) is 29.4 Å². The molecule has 0 unspecified atom stereocenters. The summed E-state index contributed by atoms with van der Waals surface area (Å²) in [4.78, 5) is 3.11. The fourth-order valence-corrected chi connectivity index (χ4v) is 3.07. The summed E-state index contributed by atoms with van der Waals surface area (Å²) < 4.78 is 42.7. The standard InChI is InChI=1S/C8H5ClFN3O2S2/c9-5-1-2-6(10)7(3-5)17(14,15)13-8-11-4-12-16-8/h1-4H,(H,11,12,13). The quantitative estimate of drug-likeness (QED) is 0.941. The van der Waals surface area contributed by atoms with Crippen molar-refractivity contribution in [1.82, 2.24) is 9.36 Å². The van der Waals surface area contributed by atoms with E-state index in [4.69, 9.17) is 11.6 Å². The lowest BCUT2D eigenvalue weighted by atomic mass is 10.3. The lowest BCUT2D eigenvalue weighted by Crippen LogP contribution is -2.14. The van der Waals surface area contributed by atoms with Crippen molar-refractivity contribution < 1.29 is 12.8 Å². The number of nitrogens with zero attached hydrogens (tertiary/aromatic N) is 2. The van der Waals surface area contributed by atoms with Gasteiger partial charge in [-0.1, -0.05) is 11.6 Å².